The molecule has 0 aliphatic carbocycles. The molecule has 0 aromatic carbocycles. The summed E-state index contributed by atoms with van der Waals surface area (Å²) >= 11 is 1.66. The van der Waals surface area contributed by atoms with Gasteiger partial charge in [0.1, 0.15) is 6.26 Å². The first kappa shape index (κ1) is 15.3. The average Bonchev–Trinajstić information content (AvgIpc) is 2.95. The van der Waals surface area contributed by atoms with Crippen molar-refractivity contribution in [3.63, 3.8) is 0 Å². The van der Waals surface area contributed by atoms with Gasteiger partial charge in [0.25, 0.3) is 0 Å². The first-order valence-electron chi connectivity index (χ1n) is 7.25. The minimum atomic E-state index is 0.664. The second kappa shape index (κ2) is 7.04. The van der Waals surface area contributed by atoms with E-state index in [1.165, 1.54) is 0 Å². The van der Waals surface area contributed by atoms with Crippen LogP contribution in [0, 0.1) is 11.8 Å². The lowest BCUT2D eigenvalue weighted by atomic mass is 10.1. The number of oxazole rings is 1. The third-order valence-electron chi connectivity index (χ3n) is 2.92. The lowest BCUT2D eigenvalue weighted by molar-refractivity contribution is 0.209. The van der Waals surface area contributed by atoms with Gasteiger partial charge in [-0.05, 0) is 23.3 Å². The summed E-state index contributed by atoms with van der Waals surface area (Å²) in [4.78, 5) is 8.17. The van der Waals surface area contributed by atoms with Gasteiger partial charge in [-0.3, -0.25) is 4.90 Å². The highest BCUT2D eigenvalue weighted by Crippen LogP contribution is 2.24. The molecule has 0 amide bonds. The zero-order chi connectivity index (χ0) is 14.5. The summed E-state index contributed by atoms with van der Waals surface area (Å²) in [6.45, 7) is 12.1. The average molecular weight is 292 g/mol. The van der Waals surface area contributed by atoms with Crippen molar-refractivity contribution in [2.24, 2.45) is 11.8 Å². The van der Waals surface area contributed by atoms with Crippen molar-refractivity contribution in [3.05, 3.63) is 29.5 Å². The zero-order valence-electron chi connectivity index (χ0n) is 12.8. The van der Waals surface area contributed by atoms with Crippen molar-refractivity contribution in [1.82, 2.24) is 9.88 Å². The number of rotatable bonds is 7. The van der Waals surface area contributed by atoms with Crippen molar-refractivity contribution < 1.29 is 4.42 Å². The van der Waals surface area contributed by atoms with E-state index in [2.05, 4.69) is 37.6 Å². The van der Waals surface area contributed by atoms with Gasteiger partial charge < -0.3 is 4.42 Å². The van der Waals surface area contributed by atoms with Gasteiger partial charge in [-0.1, -0.05) is 33.8 Å². The van der Waals surface area contributed by atoms with E-state index in [1.807, 2.05) is 17.5 Å². The topological polar surface area (TPSA) is 29.3 Å². The Morgan fingerprint density at radius 1 is 1.20 bits per heavy atom. The number of nitrogens with zero attached hydrogens (tertiary/aromatic N) is 2. The third-order valence-corrected chi connectivity index (χ3v) is 3.77. The molecule has 0 radical (unpaired) electrons. The van der Waals surface area contributed by atoms with Crippen LogP contribution >= 0.6 is 11.3 Å². The van der Waals surface area contributed by atoms with Crippen LogP contribution in [0.4, 0.5) is 0 Å². The number of hydrogen-bond acceptors (Lipinski definition) is 4. The number of hydrogen-bond donors (Lipinski definition) is 0. The molecule has 0 fully saturated rings. The Kier molecular flexibility index (Phi) is 5.38. The SMILES string of the molecule is CC(C)CN(Cc1coc(-c2cccs2)n1)CC(C)C. The van der Waals surface area contributed by atoms with E-state index in [9.17, 15) is 0 Å². The van der Waals surface area contributed by atoms with Crippen LogP contribution < -0.4 is 0 Å². The van der Waals surface area contributed by atoms with Crippen molar-refractivity contribution in [1.29, 1.82) is 0 Å². The molecular formula is C16H24N2OS. The molecule has 2 rings (SSSR count). The molecule has 110 valence electrons. The van der Waals surface area contributed by atoms with Crippen LogP contribution in [0.5, 0.6) is 0 Å². The summed E-state index contributed by atoms with van der Waals surface area (Å²) in [6, 6.07) is 4.06. The molecule has 0 N–H and O–H groups in total. The lowest BCUT2D eigenvalue weighted by Crippen LogP contribution is -2.31. The van der Waals surface area contributed by atoms with Crippen LogP contribution in [0.15, 0.2) is 28.2 Å². The Bertz CT molecular complexity index is 492. The quantitative estimate of drug-likeness (QED) is 0.751. The van der Waals surface area contributed by atoms with Crippen LogP contribution in [0.25, 0.3) is 10.8 Å². The highest BCUT2D eigenvalue weighted by molar-refractivity contribution is 7.13. The Hall–Kier alpha value is -1.13. The zero-order valence-corrected chi connectivity index (χ0v) is 13.6. The van der Waals surface area contributed by atoms with Crippen molar-refractivity contribution >= 4 is 11.3 Å². The van der Waals surface area contributed by atoms with Crippen LogP contribution in [-0.2, 0) is 6.54 Å². The van der Waals surface area contributed by atoms with Crippen molar-refractivity contribution in [2.45, 2.75) is 34.2 Å². The van der Waals surface area contributed by atoms with Crippen LogP contribution in [-0.4, -0.2) is 23.0 Å². The molecule has 0 aliphatic heterocycles. The normalized spacial score (nSPS) is 11.9. The van der Waals surface area contributed by atoms with Crippen LogP contribution in [0.3, 0.4) is 0 Å². The Labute approximate surface area is 125 Å². The summed E-state index contributed by atoms with van der Waals surface area (Å²) < 4.78 is 5.59. The standard InChI is InChI=1S/C16H24N2OS/c1-12(2)8-18(9-13(3)4)10-14-11-19-16(17-14)15-6-5-7-20-15/h5-7,11-13H,8-10H2,1-4H3. The molecule has 4 heteroatoms. The fourth-order valence-corrected chi connectivity index (χ4v) is 3.01. The molecule has 0 aliphatic rings. The summed E-state index contributed by atoms with van der Waals surface area (Å²) in [7, 11) is 0. The molecule has 0 saturated carbocycles. The first-order valence-corrected chi connectivity index (χ1v) is 8.13. The van der Waals surface area contributed by atoms with E-state index in [4.69, 9.17) is 4.42 Å². The second-order valence-electron chi connectivity index (χ2n) is 6.10. The van der Waals surface area contributed by atoms with Gasteiger partial charge >= 0.3 is 0 Å². The summed E-state index contributed by atoms with van der Waals surface area (Å²) in [6.07, 6.45) is 1.79. The Balaban J connectivity index is 2.03. The van der Waals surface area contributed by atoms with Gasteiger partial charge in [0.15, 0.2) is 0 Å². The smallest absolute Gasteiger partial charge is 0.236 e. The summed E-state index contributed by atoms with van der Waals surface area (Å²) in [5.41, 5.74) is 1.02. The van der Waals surface area contributed by atoms with Gasteiger partial charge in [-0.15, -0.1) is 11.3 Å². The highest BCUT2D eigenvalue weighted by atomic mass is 32.1. The number of thiophene rings is 1. The Morgan fingerprint density at radius 2 is 1.90 bits per heavy atom. The summed E-state index contributed by atoms with van der Waals surface area (Å²) in [5, 5.41) is 2.04. The predicted octanol–water partition coefficient (Wildman–Crippen LogP) is 4.52. The molecule has 3 nitrogen and oxygen atoms in total. The van der Waals surface area contributed by atoms with E-state index in [1.54, 1.807) is 17.6 Å². The predicted molar refractivity (Wildman–Crippen MR) is 84.8 cm³/mol. The highest BCUT2D eigenvalue weighted by Gasteiger charge is 2.14. The monoisotopic (exact) mass is 292 g/mol. The lowest BCUT2D eigenvalue weighted by Gasteiger charge is -2.24. The van der Waals surface area contributed by atoms with E-state index in [-0.39, 0.29) is 0 Å². The van der Waals surface area contributed by atoms with Gasteiger partial charge in [-0.2, -0.15) is 0 Å². The molecule has 0 bridgehead atoms. The van der Waals surface area contributed by atoms with Gasteiger partial charge in [0.2, 0.25) is 5.89 Å². The molecule has 2 heterocycles. The fraction of sp³-hybridized carbons (Fsp3) is 0.562. The number of aromatic nitrogens is 1. The largest absolute Gasteiger partial charge is 0.444 e. The Morgan fingerprint density at radius 3 is 2.45 bits per heavy atom. The maximum absolute atomic E-state index is 5.59. The van der Waals surface area contributed by atoms with Crippen LogP contribution in [0.1, 0.15) is 33.4 Å². The molecule has 0 saturated heterocycles. The van der Waals surface area contributed by atoms with Crippen molar-refractivity contribution in [3.8, 4) is 10.8 Å². The third kappa shape index (κ3) is 4.46. The molecule has 2 aromatic heterocycles. The van der Waals surface area contributed by atoms with E-state index in [0.29, 0.717) is 11.8 Å². The molecule has 0 spiro atoms. The maximum atomic E-state index is 5.59. The molecule has 2 aromatic rings. The molecule has 20 heavy (non-hydrogen) atoms. The van der Waals surface area contributed by atoms with Gasteiger partial charge in [0, 0.05) is 19.6 Å². The minimum Gasteiger partial charge on any atom is -0.444 e. The fourth-order valence-electron chi connectivity index (χ4n) is 2.36. The second-order valence-corrected chi connectivity index (χ2v) is 7.05. The summed E-state index contributed by atoms with van der Waals surface area (Å²) in [5.74, 6) is 2.07. The van der Waals surface area contributed by atoms with Crippen LogP contribution in [0.2, 0.25) is 0 Å². The maximum Gasteiger partial charge on any atom is 0.236 e. The molecular weight excluding hydrogens is 268 g/mol. The van der Waals surface area contributed by atoms with Gasteiger partial charge in [0.05, 0.1) is 10.6 Å². The minimum absolute atomic E-state index is 0.664. The molecule has 0 atom stereocenters. The van der Waals surface area contributed by atoms with E-state index in [0.717, 1.165) is 36.1 Å². The van der Waals surface area contributed by atoms with Crippen molar-refractivity contribution in [2.75, 3.05) is 13.1 Å². The molecule has 0 unspecified atom stereocenters. The first-order chi connectivity index (χ1) is 9.54. The van der Waals surface area contributed by atoms with E-state index < -0.39 is 0 Å². The van der Waals surface area contributed by atoms with E-state index >= 15 is 0 Å². The van der Waals surface area contributed by atoms with Gasteiger partial charge in [-0.25, -0.2) is 4.98 Å².